The van der Waals surface area contributed by atoms with Gasteiger partial charge in [0.15, 0.2) is 0 Å². The van der Waals surface area contributed by atoms with Gasteiger partial charge in [0.05, 0.1) is 28.6 Å². The maximum atomic E-state index is 13.0. The summed E-state index contributed by atoms with van der Waals surface area (Å²) in [4.78, 5) is 13.3. The number of hydrogen-bond acceptors (Lipinski definition) is 4. The van der Waals surface area contributed by atoms with Crippen molar-refractivity contribution < 1.29 is 17.9 Å². The van der Waals surface area contributed by atoms with E-state index in [0.717, 1.165) is 23.1 Å². The van der Waals surface area contributed by atoms with Gasteiger partial charge in [-0.05, 0) is 43.2 Å². The molecule has 1 amide bonds. The third-order valence-electron chi connectivity index (χ3n) is 5.74. The molecule has 0 saturated carbocycles. The topological polar surface area (TPSA) is 80.6 Å². The molecule has 0 bridgehead atoms. The van der Waals surface area contributed by atoms with Crippen molar-refractivity contribution in [1.82, 2.24) is 8.87 Å². The molecule has 1 aromatic heterocycles. The first kappa shape index (κ1) is 21.5. The number of ether oxygens (including phenoxy) is 1. The second-order valence-electron chi connectivity index (χ2n) is 7.74. The van der Waals surface area contributed by atoms with Crippen LogP contribution in [-0.4, -0.2) is 50.0 Å². The van der Waals surface area contributed by atoms with Crippen LogP contribution in [0.15, 0.2) is 65.7 Å². The predicted molar refractivity (Wildman–Crippen MR) is 120 cm³/mol. The first-order valence-electron chi connectivity index (χ1n) is 10.4. The minimum atomic E-state index is -3.60. The molecule has 1 unspecified atom stereocenters. The summed E-state index contributed by atoms with van der Waals surface area (Å²) < 4.78 is 34.6. The highest BCUT2D eigenvalue weighted by Crippen LogP contribution is 2.28. The van der Waals surface area contributed by atoms with Crippen LogP contribution in [0.2, 0.25) is 0 Å². The summed E-state index contributed by atoms with van der Waals surface area (Å²) in [6, 6.07) is 16.2. The normalized spacial score (nSPS) is 17.6. The highest BCUT2D eigenvalue weighted by molar-refractivity contribution is 7.89. The van der Waals surface area contributed by atoms with E-state index < -0.39 is 15.9 Å². The van der Waals surface area contributed by atoms with Gasteiger partial charge in [-0.2, -0.15) is 4.31 Å². The molecule has 3 aromatic rings. The van der Waals surface area contributed by atoms with Gasteiger partial charge in [-0.25, -0.2) is 8.42 Å². The number of hydrogen-bond donors (Lipinski definition) is 1. The Hall–Kier alpha value is -2.68. The zero-order valence-corrected chi connectivity index (χ0v) is 18.3. The zero-order chi connectivity index (χ0) is 21.8. The minimum absolute atomic E-state index is 0.148. The number of carbonyl (C=O) groups excluding carboxylic acids is 1. The molecule has 1 N–H and O–H groups in total. The number of anilines is 1. The summed E-state index contributed by atoms with van der Waals surface area (Å²) in [5, 5.41) is 3.99. The van der Waals surface area contributed by atoms with Crippen molar-refractivity contribution in [3.05, 3.63) is 60.8 Å². The van der Waals surface area contributed by atoms with Crippen molar-refractivity contribution in [3.8, 4) is 0 Å². The van der Waals surface area contributed by atoms with Gasteiger partial charge in [-0.15, -0.1) is 0 Å². The Morgan fingerprint density at radius 1 is 1.13 bits per heavy atom. The number of nitrogens with zero attached hydrogens (tertiary/aromatic N) is 2. The van der Waals surface area contributed by atoms with Crippen LogP contribution in [0.5, 0.6) is 0 Å². The molecule has 1 atom stereocenters. The summed E-state index contributed by atoms with van der Waals surface area (Å²) in [6.07, 6.45) is 3.30. The van der Waals surface area contributed by atoms with E-state index in [0.29, 0.717) is 26.0 Å². The number of aromatic nitrogens is 1. The number of rotatable bonds is 7. The predicted octanol–water partition coefficient (Wildman–Crippen LogP) is 3.33. The molecule has 0 spiro atoms. The maximum absolute atomic E-state index is 13.0. The van der Waals surface area contributed by atoms with Crippen LogP contribution >= 0.6 is 0 Å². The van der Waals surface area contributed by atoms with E-state index >= 15 is 0 Å². The molecule has 1 fully saturated rings. The number of piperidine rings is 1. The van der Waals surface area contributed by atoms with Crippen molar-refractivity contribution in [2.24, 2.45) is 5.92 Å². The lowest BCUT2D eigenvalue weighted by molar-refractivity contribution is -0.120. The monoisotopic (exact) mass is 441 g/mol. The standard InChI is InChI=1S/C23H27N3O4S/c1-30-16-15-25-14-12-20-21(10-5-11-22(20)25)24-23(27)18-7-6-13-26(17-18)31(28,29)19-8-3-2-4-9-19/h2-5,8-12,14,18H,6-7,13,15-17H2,1H3,(H,24,27). The average molecular weight is 442 g/mol. The number of fused-ring (bicyclic) bond motifs is 1. The van der Waals surface area contributed by atoms with Crippen LogP contribution in [-0.2, 0) is 26.1 Å². The molecular formula is C23H27N3O4S. The Kier molecular flexibility index (Phi) is 6.41. The lowest BCUT2D eigenvalue weighted by atomic mass is 9.98. The Labute approximate surface area is 182 Å². The molecule has 7 nitrogen and oxygen atoms in total. The summed E-state index contributed by atoms with van der Waals surface area (Å²) in [7, 11) is -1.93. The molecular weight excluding hydrogens is 414 g/mol. The van der Waals surface area contributed by atoms with Crippen molar-refractivity contribution in [2.45, 2.75) is 24.3 Å². The van der Waals surface area contributed by atoms with E-state index in [2.05, 4.69) is 9.88 Å². The molecule has 0 aliphatic carbocycles. The lowest BCUT2D eigenvalue weighted by Crippen LogP contribution is -2.43. The molecule has 1 aliphatic rings. The van der Waals surface area contributed by atoms with Crippen LogP contribution < -0.4 is 5.32 Å². The van der Waals surface area contributed by atoms with Gasteiger partial charge in [0, 0.05) is 38.3 Å². The molecule has 0 radical (unpaired) electrons. The Morgan fingerprint density at radius 2 is 1.94 bits per heavy atom. The average Bonchev–Trinajstić information content (AvgIpc) is 3.22. The second kappa shape index (κ2) is 9.21. The molecule has 8 heteroatoms. The van der Waals surface area contributed by atoms with Crippen molar-refractivity contribution >= 4 is 32.5 Å². The van der Waals surface area contributed by atoms with Crippen LogP contribution in [0.4, 0.5) is 5.69 Å². The highest BCUT2D eigenvalue weighted by Gasteiger charge is 2.33. The fourth-order valence-corrected chi connectivity index (χ4v) is 5.61. The van der Waals surface area contributed by atoms with Crippen molar-refractivity contribution in [1.29, 1.82) is 0 Å². The van der Waals surface area contributed by atoms with Crippen molar-refractivity contribution in [2.75, 3.05) is 32.1 Å². The summed E-state index contributed by atoms with van der Waals surface area (Å²) >= 11 is 0. The fraction of sp³-hybridized carbons (Fsp3) is 0.348. The van der Waals surface area contributed by atoms with E-state index in [-0.39, 0.29) is 17.3 Å². The first-order chi connectivity index (χ1) is 15.0. The molecule has 2 heterocycles. The van der Waals surface area contributed by atoms with Crippen molar-refractivity contribution in [3.63, 3.8) is 0 Å². The van der Waals surface area contributed by atoms with E-state index in [4.69, 9.17) is 4.74 Å². The van der Waals surface area contributed by atoms with Crippen LogP contribution in [0.25, 0.3) is 10.9 Å². The number of benzene rings is 2. The first-order valence-corrected chi connectivity index (χ1v) is 11.9. The SMILES string of the molecule is COCCn1ccc2c(NC(=O)C3CCCN(S(=O)(=O)c4ccccc4)C3)cccc21. The maximum Gasteiger partial charge on any atom is 0.243 e. The van der Waals surface area contributed by atoms with Gasteiger partial charge in [0.2, 0.25) is 15.9 Å². The third kappa shape index (κ3) is 4.51. The molecule has 1 saturated heterocycles. The summed E-state index contributed by atoms with van der Waals surface area (Å²) in [6.45, 7) is 1.95. The molecule has 2 aromatic carbocycles. The second-order valence-corrected chi connectivity index (χ2v) is 9.68. The van der Waals surface area contributed by atoms with Gasteiger partial charge in [0.25, 0.3) is 0 Å². The number of sulfonamides is 1. The van der Waals surface area contributed by atoms with E-state index in [1.165, 1.54) is 4.31 Å². The zero-order valence-electron chi connectivity index (χ0n) is 17.5. The largest absolute Gasteiger partial charge is 0.383 e. The van der Waals surface area contributed by atoms with Gasteiger partial charge in [-0.3, -0.25) is 4.79 Å². The molecule has 31 heavy (non-hydrogen) atoms. The Balaban J connectivity index is 1.50. The number of nitrogens with one attached hydrogen (secondary N) is 1. The van der Waals surface area contributed by atoms with Gasteiger partial charge in [-0.1, -0.05) is 24.3 Å². The summed E-state index contributed by atoms with van der Waals surface area (Å²) in [5.74, 6) is -0.539. The lowest BCUT2D eigenvalue weighted by Gasteiger charge is -2.31. The minimum Gasteiger partial charge on any atom is -0.383 e. The molecule has 4 rings (SSSR count). The fourth-order valence-electron chi connectivity index (χ4n) is 4.07. The number of carbonyl (C=O) groups is 1. The Bertz CT molecular complexity index is 1160. The van der Waals surface area contributed by atoms with E-state index in [1.54, 1.807) is 37.4 Å². The van der Waals surface area contributed by atoms with E-state index in [9.17, 15) is 13.2 Å². The van der Waals surface area contributed by atoms with Gasteiger partial charge < -0.3 is 14.6 Å². The van der Waals surface area contributed by atoms with Crippen LogP contribution in [0, 0.1) is 5.92 Å². The van der Waals surface area contributed by atoms with Gasteiger partial charge >= 0.3 is 0 Å². The third-order valence-corrected chi connectivity index (χ3v) is 7.62. The molecule has 164 valence electrons. The quantitative estimate of drug-likeness (QED) is 0.610. The Morgan fingerprint density at radius 3 is 2.71 bits per heavy atom. The smallest absolute Gasteiger partial charge is 0.243 e. The molecule has 1 aliphatic heterocycles. The van der Waals surface area contributed by atoms with Gasteiger partial charge in [0.1, 0.15) is 0 Å². The number of methoxy groups -OCH3 is 1. The summed E-state index contributed by atoms with van der Waals surface area (Å²) in [5.41, 5.74) is 1.76. The number of amides is 1. The van der Waals surface area contributed by atoms with Crippen LogP contribution in [0.1, 0.15) is 12.8 Å². The van der Waals surface area contributed by atoms with E-state index in [1.807, 2.05) is 30.5 Å². The highest BCUT2D eigenvalue weighted by atomic mass is 32.2. The van der Waals surface area contributed by atoms with Crippen LogP contribution in [0.3, 0.4) is 0 Å².